The number of aliphatic hydroxyl groups is 3. The Morgan fingerprint density at radius 1 is 1.11 bits per heavy atom. The van der Waals surface area contributed by atoms with Gasteiger partial charge in [0.2, 0.25) is 15.8 Å². The van der Waals surface area contributed by atoms with Crippen LogP contribution in [0.1, 0.15) is 34.8 Å². The van der Waals surface area contributed by atoms with E-state index in [0.717, 1.165) is 18.7 Å². The van der Waals surface area contributed by atoms with Gasteiger partial charge >= 0.3 is 0 Å². The van der Waals surface area contributed by atoms with Gasteiger partial charge in [-0.2, -0.15) is 4.31 Å². The predicted molar refractivity (Wildman–Crippen MR) is 160 cm³/mol. The van der Waals surface area contributed by atoms with E-state index >= 15 is 0 Å². The standard InChI is InChI=1S/C30H40N4O9S/c1-16(35)21-26(38)24(32(3)4)19-13-29(15-33-8-10-34(11-9-33)44(5,42)43)12-18-17(14-31-2)6-7-20(36)22(18)25(37)23(29)28(40)30(19,41)27(21)39/h6-7,19,24,31,36,38,40-41H,8-15H2,1-5H3/t19-,24-,29-,30+/m0/s1. The molecule has 3 aliphatic carbocycles. The lowest BCUT2D eigenvalue weighted by Gasteiger charge is -2.55. The van der Waals surface area contributed by atoms with E-state index in [4.69, 9.17) is 0 Å². The molecule has 1 saturated heterocycles. The quantitative estimate of drug-likeness (QED) is 0.252. The molecule has 0 saturated carbocycles. The minimum absolute atomic E-state index is 0.0310. The maximum Gasteiger partial charge on any atom is 0.211 e. The second-order valence-electron chi connectivity index (χ2n) is 12.7. The average molecular weight is 633 g/mol. The summed E-state index contributed by atoms with van der Waals surface area (Å²) >= 11 is 0. The molecule has 1 aromatic carbocycles. The minimum atomic E-state index is -3.41. The molecule has 1 aromatic rings. The zero-order chi connectivity index (χ0) is 32.5. The first-order valence-electron chi connectivity index (χ1n) is 14.5. The Morgan fingerprint density at radius 2 is 1.75 bits per heavy atom. The van der Waals surface area contributed by atoms with E-state index in [1.807, 2.05) is 4.90 Å². The van der Waals surface area contributed by atoms with Gasteiger partial charge in [0.25, 0.3) is 0 Å². The van der Waals surface area contributed by atoms with E-state index in [2.05, 4.69) is 5.32 Å². The smallest absolute Gasteiger partial charge is 0.211 e. The number of phenolic OH excluding ortho intramolecular Hbond substituents is 1. The number of sulfonamides is 1. The normalized spacial score (nSPS) is 30.0. The summed E-state index contributed by atoms with van der Waals surface area (Å²) in [5, 5.41) is 49.3. The maximum absolute atomic E-state index is 14.4. The minimum Gasteiger partial charge on any atom is -0.510 e. The maximum atomic E-state index is 14.4. The van der Waals surface area contributed by atoms with Crippen LogP contribution in [0.5, 0.6) is 5.75 Å². The monoisotopic (exact) mass is 632 g/mol. The fraction of sp³-hybridized carbons (Fsp3) is 0.567. The second kappa shape index (κ2) is 11.0. The van der Waals surface area contributed by atoms with Crippen LogP contribution in [-0.2, 0) is 32.6 Å². The van der Waals surface area contributed by atoms with Gasteiger partial charge in [-0.15, -0.1) is 0 Å². The predicted octanol–water partition coefficient (Wildman–Crippen LogP) is -0.109. The Labute approximate surface area is 256 Å². The largest absolute Gasteiger partial charge is 0.510 e. The van der Waals surface area contributed by atoms with Crippen LogP contribution in [0, 0.1) is 11.3 Å². The number of benzene rings is 1. The van der Waals surface area contributed by atoms with Crippen molar-refractivity contribution in [2.45, 2.75) is 38.0 Å². The van der Waals surface area contributed by atoms with Gasteiger partial charge in [0.05, 0.1) is 17.9 Å². The van der Waals surface area contributed by atoms with Gasteiger partial charge in [0.1, 0.15) is 22.8 Å². The molecule has 5 rings (SSSR count). The van der Waals surface area contributed by atoms with Gasteiger partial charge in [-0.1, -0.05) is 6.07 Å². The van der Waals surface area contributed by atoms with E-state index in [1.54, 1.807) is 32.1 Å². The van der Waals surface area contributed by atoms with Gasteiger partial charge in [-0.05, 0) is 58.1 Å². The lowest BCUT2D eigenvalue weighted by molar-refractivity contribution is -0.151. The number of nitrogens with one attached hydrogen (secondary N) is 1. The van der Waals surface area contributed by atoms with Crippen molar-refractivity contribution < 1.29 is 43.2 Å². The number of ketones is 3. The summed E-state index contributed by atoms with van der Waals surface area (Å²) in [7, 11) is 1.57. The van der Waals surface area contributed by atoms with Crippen LogP contribution in [0.2, 0.25) is 0 Å². The molecular formula is C30H40N4O9S. The number of likely N-dealkylation sites (N-methyl/N-ethyl adjacent to an activating group) is 1. The first-order valence-corrected chi connectivity index (χ1v) is 16.4. The molecule has 4 aliphatic rings. The van der Waals surface area contributed by atoms with Gasteiger partial charge in [-0.25, -0.2) is 8.42 Å². The molecule has 1 fully saturated rings. The second-order valence-corrected chi connectivity index (χ2v) is 14.7. The number of hydrogen-bond acceptors (Lipinski definition) is 12. The molecule has 14 heteroatoms. The Kier molecular flexibility index (Phi) is 8.09. The highest BCUT2D eigenvalue weighted by Gasteiger charge is 2.66. The summed E-state index contributed by atoms with van der Waals surface area (Å²) in [6.45, 7) is 2.71. The highest BCUT2D eigenvalue weighted by Crippen LogP contribution is 2.58. The molecule has 1 heterocycles. The number of aliphatic hydroxyl groups excluding tert-OH is 2. The topological polar surface area (TPSA) is 188 Å². The van der Waals surface area contributed by atoms with E-state index in [0.29, 0.717) is 25.2 Å². The fourth-order valence-electron chi connectivity index (χ4n) is 7.80. The van der Waals surface area contributed by atoms with Crippen molar-refractivity contribution in [3.8, 4) is 5.75 Å². The average Bonchev–Trinajstić information content (AvgIpc) is 2.92. The van der Waals surface area contributed by atoms with Crippen molar-refractivity contribution in [3.63, 3.8) is 0 Å². The SMILES string of the molecule is CNCc1ccc(O)c2c1C[C@@]1(CN3CCN(S(C)(=O)=O)CC3)C[C@H]3[C@H](N(C)C)C(O)=C(C(C)=O)C(=O)[C@@]3(O)C(O)=C1C2=O. The van der Waals surface area contributed by atoms with Crippen molar-refractivity contribution in [1.82, 2.24) is 19.4 Å². The molecule has 0 spiro atoms. The molecule has 1 aliphatic heterocycles. The number of piperazine rings is 1. The molecule has 44 heavy (non-hydrogen) atoms. The van der Waals surface area contributed by atoms with Crippen molar-refractivity contribution in [2.75, 3.05) is 60.1 Å². The van der Waals surface area contributed by atoms with E-state index < -0.39 is 67.4 Å². The highest BCUT2D eigenvalue weighted by molar-refractivity contribution is 7.88. The number of phenols is 1. The zero-order valence-electron chi connectivity index (χ0n) is 25.5. The van der Waals surface area contributed by atoms with Crippen molar-refractivity contribution >= 4 is 27.4 Å². The summed E-state index contributed by atoms with van der Waals surface area (Å²) in [5.41, 5.74) is -3.48. The van der Waals surface area contributed by atoms with Gasteiger partial charge in [0.15, 0.2) is 17.2 Å². The number of hydrogen-bond donors (Lipinski definition) is 5. The van der Waals surface area contributed by atoms with Gasteiger partial charge < -0.3 is 25.7 Å². The molecule has 0 bridgehead atoms. The zero-order valence-corrected chi connectivity index (χ0v) is 26.4. The lowest BCUT2D eigenvalue weighted by atomic mass is 9.52. The number of rotatable bonds is 7. The summed E-state index contributed by atoms with van der Waals surface area (Å²) in [6, 6.07) is 2.04. The molecule has 0 radical (unpaired) electrons. The van der Waals surface area contributed by atoms with Crippen LogP contribution in [-0.4, -0.2) is 132 Å². The van der Waals surface area contributed by atoms with E-state index in [1.165, 1.54) is 10.4 Å². The number of aromatic hydroxyl groups is 1. The van der Waals surface area contributed by atoms with Crippen molar-refractivity contribution in [2.24, 2.45) is 11.3 Å². The van der Waals surface area contributed by atoms with Crippen LogP contribution in [0.25, 0.3) is 0 Å². The summed E-state index contributed by atoms with van der Waals surface area (Å²) in [6.07, 6.45) is 1.25. The molecular weight excluding hydrogens is 592 g/mol. The van der Waals surface area contributed by atoms with Gasteiger partial charge in [0, 0.05) is 56.2 Å². The third-order valence-electron chi connectivity index (χ3n) is 9.73. The first kappa shape index (κ1) is 32.3. The molecule has 0 aromatic heterocycles. The van der Waals surface area contributed by atoms with Gasteiger partial charge in [-0.3, -0.25) is 24.2 Å². The Morgan fingerprint density at radius 3 is 2.30 bits per heavy atom. The summed E-state index contributed by atoms with van der Waals surface area (Å²) < 4.78 is 25.7. The van der Waals surface area contributed by atoms with Crippen molar-refractivity contribution in [3.05, 3.63) is 51.5 Å². The van der Waals surface area contributed by atoms with Crippen LogP contribution in [0.3, 0.4) is 0 Å². The number of carbonyl (C=O) groups excluding carboxylic acids is 3. The number of carbonyl (C=O) groups is 3. The Hall–Kier alpha value is -3.14. The molecule has 0 amide bonds. The summed E-state index contributed by atoms with van der Waals surface area (Å²) in [5.74, 6) is -5.58. The fourth-order valence-corrected chi connectivity index (χ4v) is 8.63. The molecule has 240 valence electrons. The Balaban J connectivity index is 1.74. The number of fused-ring (bicyclic) bond motifs is 3. The first-order chi connectivity index (χ1) is 20.5. The highest BCUT2D eigenvalue weighted by atomic mass is 32.2. The van der Waals surface area contributed by atoms with Crippen LogP contribution < -0.4 is 5.32 Å². The molecule has 0 unspecified atom stereocenters. The molecule has 4 atom stereocenters. The number of Topliss-reactive ketones (excluding diaryl/α,β-unsaturated/α-hetero) is 3. The van der Waals surface area contributed by atoms with Crippen LogP contribution >= 0.6 is 0 Å². The van der Waals surface area contributed by atoms with E-state index in [-0.39, 0.29) is 49.4 Å². The molecule has 13 nitrogen and oxygen atoms in total. The third-order valence-corrected chi connectivity index (χ3v) is 11.0. The van der Waals surface area contributed by atoms with Crippen LogP contribution in [0.4, 0.5) is 0 Å². The number of nitrogens with zero attached hydrogens (tertiary/aromatic N) is 3. The van der Waals surface area contributed by atoms with E-state index in [9.17, 15) is 43.2 Å². The van der Waals surface area contributed by atoms with Crippen molar-refractivity contribution in [1.29, 1.82) is 0 Å². The summed E-state index contributed by atoms with van der Waals surface area (Å²) in [4.78, 5) is 44.4. The van der Waals surface area contributed by atoms with Crippen LogP contribution in [0.15, 0.2) is 34.8 Å². The Bertz CT molecular complexity index is 1610. The third kappa shape index (κ3) is 4.79. The molecule has 5 N–H and O–H groups in total. The lowest BCUT2D eigenvalue weighted by Crippen LogP contribution is -2.66.